The Labute approximate surface area is 168 Å². The van der Waals surface area contributed by atoms with Crippen LogP contribution in [0, 0.1) is 6.92 Å². The van der Waals surface area contributed by atoms with Crippen LogP contribution in [0.5, 0.6) is 0 Å². The first kappa shape index (κ1) is 19.5. The number of rotatable bonds is 7. The molecule has 0 atom stereocenters. The van der Waals surface area contributed by atoms with E-state index in [0.29, 0.717) is 23.3 Å². The minimum atomic E-state index is 0.101. The van der Waals surface area contributed by atoms with Crippen LogP contribution >= 0.6 is 23.2 Å². The van der Waals surface area contributed by atoms with E-state index in [-0.39, 0.29) is 6.61 Å². The zero-order valence-electron chi connectivity index (χ0n) is 15.2. The number of aliphatic hydroxyl groups excluding tert-OH is 1. The summed E-state index contributed by atoms with van der Waals surface area (Å²) in [7, 11) is 1.91. The van der Waals surface area contributed by atoms with Gasteiger partial charge >= 0.3 is 0 Å². The molecule has 1 aromatic carbocycles. The molecule has 3 aromatic rings. The quantitative estimate of drug-likeness (QED) is 0.623. The molecule has 142 valence electrons. The van der Waals surface area contributed by atoms with E-state index in [9.17, 15) is 0 Å². The predicted octanol–water partition coefficient (Wildman–Crippen LogP) is 3.92. The van der Waals surface area contributed by atoms with E-state index in [2.05, 4.69) is 15.4 Å². The lowest BCUT2D eigenvalue weighted by atomic mass is 10.2. The Morgan fingerprint density at radius 1 is 1.19 bits per heavy atom. The summed E-state index contributed by atoms with van der Waals surface area (Å²) in [4.78, 5) is 6.35. The molecule has 27 heavy (non-hydrogen) atoms. The molecule has 0 radical (unpaired) electrons. The predicted molar refractivity (Wildman–Crippen MR) is 110 cm³/mol. The number of anilines is 2. The van der Waals surface area contributed by atoms with Gasteiger partial charge in [0.2, 0.25) is 0 Å². The standard InChI is InChI=1S/C19H21Cl2N5O/c1-13-15(19(21)26(24-13)17-6-4-3-5-16(17)20)12-23-18-8-7-14(11-22-18)25(2)9-10-27/h3-8,11,27H,9-10,12H2,1-2H3,(H,22,23). The second-order valence-corrected chi connectivity index (χ2v) is 6.88. The van der Waals surface area contributed by atoms with Crippen LogP contribution in [-0.4, -0.2) is 40.1 Å². The van der Waals surface area contributed by atoms with Gasteiger partial charge in [0.25, 0.3) is 0 Å². The summed E-state index contributed by atoms with van der Waals surface area (Å²) in [6.45, 7) is 3.07. The number of aryl methyl sites for hydroxylation is 1. The van der Waals surface area contributed by atoms with Gasteiger partial charge in [-0.15, -0.1) is 0 Å². The largest absolute Gasteiger partial charge is 0.395 e. The lowest BCUT2D eigenvalue weighted by Crippen LogP contribution is -2.21. The maximum absolute atomic E-state index is 9.01. The number of hydrogen-bond donors (Lipinski definition) is 2. The second-order valence-electron chi connectivity index (χ2n) is 6.12. The van der Waals surface area contributed by atoms with Crippen molar-refractivity contribution in [2.75, 3.05) is 30.4 Å². The van der Waals surface area contributed by atoms with Gasteiger partial charge in [-0.1, -0.05) is 35.3 Å². The molecule has 0 aliphatic carbocycles. The van der Waals surface area contributed by atoms with Crippen molar-refractivity contribution in [3.05, 3.63) is 64.0 Å². The molecule has 0 amide bonds. The lowest BCUT2D eigenvalue weighted by molar-refractivity contribution is 0.304. The monoisotopic (exact) mass is 405 g/mol. The van der Waals surface area contributed by atoms with E-state index < -0.39 is 0 Å². The fourth-order valence-corrected chi connectivity index (χ4v) is 3.24. The molecule has 2 N–H and O–H groups in total. The van der Waals surface area contributed by atoms with Crippen molar-refractivity contribution < 1.29 is 5.11 Å². The summed E-state index contributed by atoms with van der Waals surface area (Å²) in [6, 6.07) is 11.3. The van der Waals surface area contributed by atoms with Crippen LogP contribution in [0.15, 0.2) is 42.6 Å². The summed E-state index contributed by atoms with van der Waals surface area (Å²) in [5.74, 6) is 0.733. The normalized spacial score (nSPS) is 10.9. The topological polar surface area (TPSA) is 66.2 Å². The average Bonchev–Trinajstić information content (AvgIpc) is 2.95. The Balaban J connectivity index is 1.74. The van der Waals surface area contributed by atoms with Gasteiger partial charge in [0.1, 0.15) is 11.0 Å². The van der Waals surface area contributed by atoms with E-state index in [4.69, 9.17) is 28.3 Å². The number of hydrogen-bond acceptors (Lipinski definition) is 5. The van der Waals surface area contributed by atoms with Crippen molar-refractivity contribution in [2.45, 2.75) is 13.5 Å². The molecule has 2 aromatic heterocycles. The van der Waals surface area contributed by atoms with Crippen LogP contribution in [-0.2, 0) is 6.54 Å². The summed E-state index contributed by atoms with van der Waals surface area (Å²) in [6.07, 6.45) is 1.76. The third kappa shape index (κ3) is 4.35. The zero-order chi connectivity index (χ0) is 19.4. The number of para-hydroxylation sites is 1. The first-order valence-electron chi connectivity index (χ1n) is 8.52. The molecule has 0 unspecified atom stereocenters. The van der Waals surface area contributed by atoms with Crippen molar-refractivity contribution in [1.82, 2.24) is 14.8 Å². The summed E-state index contributed by atoms with van der Waals surface area (Å²) in [5, 5.41) is 17.9. The number of aromatic nitrogens is 3. The number of pyridine rings is 1. The minimum Gasteiger partial charge on any atom is -0.395 e. The fourth-order valence-electron chi connectivity index (χ4n) is 2.69. The van der Waals surface area contributed by atoms with Crippen LogP contribution < -0.4 is 10.2 Å². The maximum Gasteiger partial charge on any atom is 0.138 e. The number of aliphatic hydroxyl groups is 1. The van der Waals surface area contributed by atoms with Gasteiger partial charge in [-0.25, -0.2) is 9.67 Å². The van der Waals surface area contributed by atoms with Crippen LogP contribution in [0.4, 0.5) is 11.5 Å². The highest BCUT2D eigenvalue weighted by Crippen LogP contribution is 2.28. The Morgan fingerprint density at radius 3 is 2.63 bits per heavy atom. The number of likely N-dealkylation sites (N-methyl/N-ethyl adjacent to an activating group) is 1. The first-order valence-corrected chi connectivity index (χ1v) is 9.27. The molecule has 8 heteroatoms. The Hall–Kier alpha value is -2.28. The fraction of sp³-hybridized carbons (Fsp3) is 0.263. The Morgan fingerprint density at radius 2 is 1.96 bits per heavy atom. The Bertz CT molecular complexity index is 911. The van der Waals surface area contributed by atoms with Crippen molar-refractivity contribution in [3.8, 4) is 5.69 Å². The van der Waals surface area contributed by atoms with E-state index in [1.54, 1.807) is 16.9 Å². The molecular weight excluding hydrogens is 385 g/mol. The molecule has 0 aliphatic heterocycles. The molecule has 0 saturated carbocycles. The van der Waals surface area contributed by atoms with Gasteiger partial charge in [0, 0.05) is 25.7 Å². The minimum absolute atomic E-state index is 0.101. The van der Waals surface area contributed by atoms with Crippen molar-refractivity contribution >= 4 is 34.7 Å². The van der Waals surface area contributed by atoms with Crippen LogP contribution in [0.3, 0.4) is 0 Å². The number of benzene rings is 1. The van der Waals surface area contributed by atoms with Gasteiger partial charge in [-0.05, 0) is 31.2 Å². The molecule has 0 fully saturated rings. The summed E-state index contributed by atoms with van der Waals surface area (Å²) >= 11 is 12.8. The molecule has 0 spiro atoms. The Kier molecular flexibility index (Phi) is 6.21. The van der Waals surface area contributed by atoms with E-state index in [0.717, 1.165) is 28.5 Å². The highest BCUT2D eigenvalue weighted by Gasteiger charge is 2.16. The van der Waals surface area contributed by atoms with Crippen molar-refractivity contribution in [2.24, 2.45) is 0 Å². The SMILES string of the molecule is Cc1nn(-c2ccccc2Cl)c(Cl)c1CNc1ccc(N(C)CCO)cn1. The molecule has 0 saturated heterocycles. The molecular formula is C19H21Cl2N5O. The molecule has 0 aliphatic rings. The lowest BCUT2D eigenvalue weighted by Gasteiger charge is -2.17. The van der Waals surface area contributed by atoms with Gasteiger partial charge in [0.05, 0.1) is 34.9 Å². The number of nitrogens with one attached hydrogen (secondary N) is 1. The number of halogens is 2. The van der Waals surface area contributed by atoms with Crippen molar-refractivity contribution in [1.29, 1.82) is 0 Å². The van der Waals surface area contributed by atoms with Gasteiger partial charge in [-0.3, -0.25) is 0 Å². The third-order valence-electron chi connectivity index (χ3n) is 4.27. The zero-order valence-corrected chi connectivity index (χ0v) is 16.7. The van der Waals surface area contributed by atoms with Gasteiger partial charge < -0.3 is 15.3 Å². The molecule has 2 heterocycles. The van der Waals surface area contributed by atoms with E-state index in [1.807, 2.05) is 49.2 Å². The third-order valence-corrected chi connectivity index (χ3v) is 4.98. The van der Waals surface area contributed by atoms with Crippen LogP contribution in [0.2, 0.25) is 10.2 Å². The second kappa shape index (κ2) is 8.61. The summed E-state index contributed by atoms with van der Waals surface area (Å²) in [5.41, 5.74) is 3.40. The van der Waals surface area contributed by atoms with Gasteiger partial charge in [0.15, 0.2) is 0 Å². The van der Waals surface area contributed by atoms with Crippen molar-refractivity contribution in [3.63, 3.8) is 0 Å². The van der Waals surface area contributed by atoms with Crippen LogP contribution in [0.25, 0.3) is 5.69 Å². The maximum atomic E-state index is 9.01. The summed E-state index contributed by atoms with van der Waals surface area (Å²) < 4.78 is 1.65. The number of nitrogens with zero attached hydrogens (tertiary/aromatic N) is 4. The molecule has 3 rings (SSSR count). The smallest absolute Gasteiger partial charge is 0.138 e. The highest BCUT2D eigenvalue weighted by molar-refractivity contribution is 6.33. The van der Waals surface area contributed by atoms with E-state index in [1.165, 1.54) is 0 Å². The molecule has 0 bridgehead atoms. The van der Waals surface area contributed by atoms with Gasteiger partial charge in [-0.2, -0.15) is 5.10 Å². The first-order chi connectivity index (χ1) is 13.0. The van der Waals surface area contributed by atoms with E-state index >= 15 is 0 Å². The van der Waals surface area contributed by atoms with Crippen LogP contribution in [0.1, 0.15) is 11.3 Å². The molecule has 6 nitrogen and oxygen atoms in total. The highest BCUT2D eigenvalue weighted by atomic mass is 35.5. The average molecular weight is 406 g/mol.